The number of aryl methyl sites for hydroxylation is 1. The molecule has 0 aliphatic heterocycles. The van der Waals surface area contributed by atoms with Gasteiger partial charge in [-0.15, -0.1) is 0 Å². The van der Waals surface area contributed by atoms with Crippen molar-refractivity contribution < 1.29 is 4.74 Å². The van der Waals surface area contributed by atoms with Gasteiger partial charge in [-0.25, -0.2) is 0 Å². The Balaban J connectivity index is 1.82. The molecule has 0 bridgehead atoms. The Morgan fingerprint density at radius 3 is 2.48 bits per heavy atom. The highest BCUT2D eigenvalue weighted by atomic mass is 35.5. The number of benzene rings is 2. The van der Waals surface area contributed by atoms with Crippen molar-refractivity contribution in [1.82, 2.24) is 14.6 Å². The van der Waals surface area contributed by atoms with E-state index in [4.69, 9.17) is 16.3 Å². The zero-order chi connectivity index (χ0) is 19.0. The van der Waals surface area contributed by atoms with E-state index in [0.717, 1.165) is 33.8 Å². The number of methoxy groups -OCH3 is 1. The van der Waals surface area contributed by atoms with Gasteiger partial charge in [0, 0.05) is 23.1 Å². The highest BCUT2D eigenvalue weighted by molar-refractivity contribution is 6.30. The standard InChI is InChI=1S/C21H18ClN3O2/c1-13-18(11-14-3-7-16(22)8-4-14)21-23-19(12-20(26)25(21)24-13)15-5-9-17(27-2)10-6-15/h3-10,12,23H,11H2,1-2H3. The average Bonchev–Trinajstić information content (AvgIpc) is 3.00. The summed E-state index contributed by atoms with van der Waals surface area (Å²) in [6.07, 6.45) is 0.661. The van der Waals surface area contributed by atoms with Gasteiger partial charge in [0.25, 0.3) is 5.56 Å². The number of fused-ring (bicyclic) bond motifs is 1. The molecule has 136 valence electrons. The predicted molar refractivity (Wildman–Crippen MR) is 107 cm³/mol. The third-order valence-corrected chi connectivity index (χ3v) is 4.86. The number of hydrogen-bond acceptors (Lipinski definition) is 3. The van der Waals surface area contributed by atoms with Crippen molar-refractivity contribution in [1.29, 1.82) is 0 Å². The summed E-state index contributed by atoms with van der Waals surface area (Å²) < 4.78 is 6.62. The maximum atomic E-state index is 12.6. The van der Waals surface area contributed by atoms with Crippen LogP contribution in [0.2, 0.25) is 5.02 Å². The summed E-state index contributed by atoms with van der Waals surface area (Å²) in [7, 11) is 1.63. The summed E-state index contributed by atoms with van der Waals surface area (Å²) in [5.74, 6) is 0.769. The summed E-state index contributed by atoms with van der Waals surface area (Å²) in [6, 6.07) is 16.8. The average molecular weight is 380 g/mol. The SMILES string of the molecule is COc1ccc(-c2cc(=O)n3nc(C)c(Cc4ccc(Cl)cc4)c3[nH]2)cc1. The van der Waals surface area contributed by atoms with Gasteiger partial charge in [-0.05, 0) is 54.4 Å². The van der Waals surface area contributed by atoms with Gasteiger partial charge >= 0.3 is 0 Å². The molecule has 4 aromatic rings. The topological polar surface area (TPSA) is 59.4 Å². The second-order valence-corrected chi connectivity index (χ2v) is 6.81. The van der Waals surface area contributed by atoms with Crippen LogP contribution in [0.5, 0.6) is 5.75 Å². The summed E-state index contributed by atoms with van der Waals surface area (Å²) in [5.41, 5.74) is 5.11. The first kappa shape index (κ1) is 17.4. The first-order chi connectivity index (χ1) is 13.0. The molecule has 1 N–H and O–H groups in total. The molecule has 2 heterocycles. The van der Waals surface area contributed by atoms with Gasteiger partial charge in [0.05, 0.1) is 18.5 Å². The van der Waals surface area contributed by atoms with E-state index in [1.807, 2.05) is 55.5 Å². The molecular weight excluding hydrogens is 362 g/mol. The summed E-state index contributed by atoms with van der Waals surface area (Å²) in [4.78, 5) is 16.0. The zero-order valence-electron chi connectivity index (χ0n) is 15.0. The van der Waals surface area contributed by atoms with Crippen molar-refractivity contribution in [3.63, 3.8) is 0 Å². The van der Waals surface area contributed by atoms with Crippen molar-refractivity contribution in [2.75, 3.05) is 7.11 Å². The summed E-state index contributed by atoms with van der Waals surface area (Å²) in [5, 5.41) is 5.11. The highest BCUT2D eigenvalue weighted by Gasteiger charge is 2.14. The van der Waals surface area contributed by atoms with E-state index in [1.54, 1.807) is 13.2 Å². The molecule has 0 spiro atoms. The van der Waals surface area contributed by atoms with Crippen LogP contribution in [0.4, 0.5) is 0 Å². The first-order valence-electron chi connectivity index (χ1n) is 8.55. The second-order valence-electron chi connectivity index (χ2n) is 6.38. The van der Waals surface area contributed by atoms with E-state index < -0.39 is 0 Å². The number of nitrogens with one attached hydrogen (secondary N) is 1. The van der Waals surface area contributed by atoms with Gasteiger partial charge in [-0.1, -0.05) is 23.7 Å². The Morgan fingerprint density at radius 2 is 1.81 bits per heavy atom. The minimum Gasteiger partial charge on any atom is -0.497 e. The third-order valence-electron chi connectivity index (χ3n) is 4.61. The van der Waals surface area contributed by atoms with Gasteiger partial charge in [0.2, 0.25) is 0 Å². The van der Waals surface area contributed by atoms with Gasteiger partial charge in [-0.3, -0.25) is 4.79 Å². The highest BCUT2D eigenvalue weighted by Crippen LogP contribution is 2.23. The molecule has 0 unspecified atom stereocenters. The monoisotopic (exact) mass is 379 g/mol. The van der Waals surface area contributed by atoms with E-state index >= 15 is 0 Å². The smallest absolute Gasteiger partial charge is 0.274 e. The zero-order valence-corrected chi connectivity index (χ0v) is 15.7. The van der Waals surface area contributed by atoms with Crippen molar-refractivity contribution in [2.45, 2.75) is 13.3 Å². The molecule has 27 heavy (non-hydrogen) atoms. The number of aromatic amines is 1. The molecule has 2 aromatic carbocycles. The Hall–Kier alpha value is -3.05. The van der Waals surface area contributed by atoms with E-state index in [1.165, 1.54) is 4.52 Å². The molecule has 0 aliphatic rings. The van der Waals surface area contributed by atoms with Crippen molar-refractivity contribution >= 4 is 17.2 Å². The van der Waals surface area contributed by atoms with Crippen LogP contribution in [0.1, 0.15) is 16.8 Å². The van der Waals surface area contributed by atoms with Crippen LogP contribution >= 0.6 is 11.6 Å². The fourth-order valence-electron chi connectivity index (χ4n) is 3.14. The lowest BCUT2D eigenvalue weighted by Gasteiger charge is -2.06. The third kappa shape index (κ3) is 3.34. The first-order valence-corrected chi connectivity index (χ1v) is 8.93. The minimum atomic E-state index is -0.167. The number of hydrogen-bond donors (Lipinski definition) is 1. The molecule has 6 heteroatoms. The van der Waals surface area contributed by atoms with Crippen LogP contribution in [-0.4, -0.2) is 21.7 Å². The van der Waals surface area contributed by atoms with Gasteiger partial charge < -0.3 is 9.72 Å². The van der Waals surface area contributed by atoms with Crippen LogP contribution in [0.3, 0.4) is 0 Å². The minimum absolute atomic E-state index is 0.167. The number of aromatic nitrogens is 3. The van der Waals surface area contributed by atoms with Gasteiger partial charge in [-0.2, -0.15) is 9.61 Å². The summed E-state index contributed by atoms with van der Waals surface area (Å²) in [6.45, 7) is 1.92. The Morgan fingerprint density at radius 1 is 1.11 bits per heavy atom. The lowest BCUT2D eigenvalue weighted by atomic mass is 10.1. The number of rotatable bonds is 4. The predicted octanol–water partition coefficient (Wildman–Crippen LogP) is 4.25. The molecule has 5 nitrogen and oxygen atoms in total. The maximum Gasteiger partial charge on any atom is 0.274 e. The molecule has 0 radical (unpaired) electrons. The van der Waals surface area contributed by atoms with E-state index in [-0.39, 0.29) is 5.56 Å². The van der Waals surface area contributed by atoms with Gasteiger partial charge in [0.15, 0.2) is 0 Å². The largest absolute Gasteiger partial charge is 0.497 e. The lowest BCUT2D eigenvalue weighted by Crippen LogP contribution is -2.14. The Labute approximate surface area is 161 Å². The van der Waals surface area contributed by atoms with E-state index in [2.05, 4.69) is 10.1 Å². The Kier molecular flexibility index (Phi) is 4.46. The number of H-pyrrole nitrogens is 1. The molecule has 2 aromatic heterocycles. The molecule has 0 aliphatic carbocycles. The molecular formula is C21H18ClN3O2. The van der Waals surface area contributed by atoms with Crippen LogP contribution in [0.25, 0.3) is 16.9 Å². The Bertz CT molecular complexity index is 1160. The van der Waals surface area contributed by atoms with E-state index in [9.17, 15) is 4.79 Å². The van der Waals surface area contributed by atoms with Gasteiger partial charge in [0.1, 0.15) is 11.4 Å². The van der Waals surface area contributed by atoms with Crippen LogP contribution in [0, 0.1) is 6.92 Å². The molecule has 4 rings (SSSR count). The molecule has 0 amide bonds. The fraction of sp³-hybridized carbons (Fsp3) is 0.143. The number of halogens is 1. The molecule has 0 saturated heterocycles. The van der Waals surface area contributed by atoms with Crippen LogP contribution in [0.15, 0.2) is 59.4 Å². The van der Waals surface area contributed by atoms with E-state index in [0.29, 0.717) is 17.1 Å². The lowest BCUT2D eigenvalue weighted by molar-refractivity contribution is 0.415. The second kappa shape index (κ2) is 6.93. The number of nitrogens with zero attached hydrogens (tertiary/aromatic N) is 2. The van der Waals surface area contributed by atoms with Crippen molar-refractivity contribution in [3.05, 3.63) is 86.8 Å². The quantitative estimate of drug-likeness (QED) is 0.576. The number of ether oxygens (including phenoxy) is 1. The summed E-state index contributed by atoms with van der Waals surface area (Å²) >= 11 is 5.98. The van der Waals surface area contributed by atoms with Crippen LogP contribution < -0.4 is 10.3 Å². The molecule has 0 saturated carbocycles. The molecule has 0 atom stereocenters. The van der Waals surface area contributed by atoms with Crippen molar-refractivity contribution in [3.8, 4) is 17.0 Å². The normalized spacial score (nSPS) is 11.1. The maximum absolute atomic E-state index is 12.6. The van der Waals surface area contributed by atoms with Crippen molar-refractivity contribution in [2.24, 2.45) is 0 Å². The molecule has 0 fully saturated rings. The fourth-order valence-corrected chi connectivity index (χ4v) is 3.27. The van der Waals surface area contributed by atoms with Crippen LogP contribution in [-0.2, 0) is 6.42 Å².